The molecule has 2 rings (SSSR count). The Morgan fingerprint density at radius 2 is 2.05 bits per heavy atom. The predicted molar refractivity (Wildman–Crippen MR) is 77.9 cm³/mol. The SMILES string of the molecule is COc1ccc(Cl)cc1CC(=O)CC1CCCCC1. The minimum Gasteiger partial charge on any atom is -0.496 e. The molecule has 0 atom stereocenters. The Labute approximate surface area is 120 Å². The number of benzene rings is 1. The fourth-order valence-corrected chi connectivity index (χ4v) is 3.08. The quantitative estimate of drug-likeness (QED) is 0.797. The number of Topliss-reactive ketones (excluding diaryl/α,β-unsaturated/α-hetero) is 1. The van der Waals surface area contributed by atoms with Gasteiger partial charge in [-0.05, 0) is 24.1 Å². The number of ketones is 1. The molecule has 3 heteroatoms. The van der Waals surface area contributed by atoms with Crippen LogP contribution < -0.4 is 4.74 Å². The fourth-order valence-electron chi connectivity index (χ4n) is 2.88. The second-order valence-corrected chi connectivity index (χ2v) is 5.82. The van der Waals surface area contributed by atoms with Crippen LogP contribution in [-0.2, 0) is 11.2 Å². The van der Waals surface area contributed by atoms with E-state index in [1.54, 1.807) is 13.2 Å². The highest BCUT2D eigenvalue weighted by Crippen LogP contribution is 2.28. The van der Waals surface area contributed by atoms with Crippen LogP contribution in [0.2, 0.25) is 5.02 Å². The third-order valence-corrected chi connectivity index (χ3v) is 4.11. The molecule has 0 unspecified atom stereocenters. The normalized spacial score (nSPS) is 16.3. The van der Waals surface area contributed by atoms with Crippen molar-refractivity contribution in [2.24, 2.45) is 5.92 Å². The summed E-state index contributed by atoms with van der Waals surface area (Å²) < 4.78 is 5.28. The fraction of sp³-hybridized carbons (Fsp3) is 0.562. The van der Waals surface area contributed by atoms with Gasteiger partial charge >= 0.3 is 0 Å². The summed E-state index contributed by atoms with van der Waals surface area (Å²) in [7, 11) is 1.62. The van der Waals surface area contributed by atoms with Crippen LogP contribution in [0.3, 0.4) is 0 Å². The molecule has 2 nitrogen and oxygen atoms in total. The van der Waals surface area contributed by atoms with Crippen LogP contribution in [0.25, 0.3) is 0 Å². The second-order valence-electron chi connectivity index (χ2n) is 5.38. The van der Waals surface area contributed by atoms with E-state index in [0.29, 0.717) is 29.6 Å². The lowest BCUT2D eigenvalue weighted by atomic mass is 9.85. The van der Waals surface area contributed by atoms with Crippen molar-refractivity contribution in [1.29, 1.82) is 0 Å². The van der Waals surface area contributed by atoms with E-state index in [-0.39, 0.29) is 0 Å². The first-order valence-corrected chi connectivity index (χ1v) is 7.41. The molecular weight excluding hydrogens is 260 g/mol. The molecule has 0 saturated heterocycles. The third-order valence-electron chi connectivity index (χ3n) is 3.87. The number of hydrogen-bond acceptors (Lipinski definition) is 2. The van der Waals surface area contributed by atoms with Crippen LogP contribution in [-0.4, -0.2) is 12.9 Å². The lowest BCUT2D eigenvalue weighted by Gasteiger charge is -2.20. The van der Waals surface area contributed by atoms with E-state index in [9.17, 15) is 4.79 Å². The molecule has 0 radical (unpaired) electrons. The summed E-state index contributed by atoms with van der Waals surface area (Å²) in [6.07, 6.45) is 7.43. The number of carbonyl (C=O) groups is 1. The number of methoxy groups -OCH3 is 1. The Hall–Kier alpha value is -1.02. The van der Waals surface area contributed by atoms with E-state index in [4.69, 9.17) is 16.3 Å². The number of carbonyl (C=O) groups excluding carboxylic acids is 1. The molecule has 1 saturated carbocycles. The van der Waals surface area contributed by atoms with Gasteiger partial charge in [-0.25, -0.2) is 0 Å². The summed E-state index contributed by atoms with van der Waals surface area (Å²) in [6.45, 7) is 0. The van der Waals surface area contributed by atoms with Crippen LogP contribution >= 0.6 is 11.6 Å². The average molecular weight is 281 g/mol. The van der Waals surface area contributed by atoms with Gasteiger partial charge in [-0.3, -0.25) is 4.79 Å². The van der Waals surface area contributed by atoms with Crippen molar-refractivity contribution in [2.45, 2.75) is 44.9 Å². The van der Waals surface area contributed by atoms with Crippen molar-refractivity contribution in [1.82, 2.24) is 0 Å². The molecule has 1 aromatic rings. The zero-order chi connectivity index (χ0) is 13.7. The van der Waals surface area contributed by atoms with Gasteiger partial charge < -0.3 is 4.74 Å². The molecule has 0 heterocycles. The second kappa shape index (κ2) is 6.95. The van der Waals surface area contributed by atoms with Crippen LogP contribution in [0.15, 0.2) is 18.2 Å². The maximum atomic E-state index is 12.2. The van der Waals surface area contributed by atoms with Gasteiger partial charge in [0, 0.05) is 23.4 Å². The molecule has 0 aromatic heterocycles. The molecule has 104 valence electrons. The van der Waals surface area contributed by atoms with Crippen LogP contribution in [0.5, 0.6) is 5.75 Å². The standard InChI is InChI=1S/C16H21ClO2/c1-19-16-8-7-14(17)10-13(16)11-15(18)9-12-5-3-2-4-6-12/h7-8,10,12H,2-6,9,11H2,1H3. The number of rotatable bonds is 5. The highest BCUT2D eigenvalue weighted by atomic mass is 35.5. The lowest BCUT2D eigenvalue weighted by molar-refractivity contribution is -0.119. The van der Waals surface area contributed by atoms with Gasteiger partial charge in [0.15, 0.2) is 0 Å². The van der Waals surface area contributed by atoms with Gasteiger partial charge in [0.2, 0.25) is 0 Å². The van der Waals surface area contributed by atoms with Crippen molar-refractivity contribution in [3.8, 4) is 5.75 Å². The Kier molecular flexibility index (Phi) is 5.26. The molecule has 1 fully saturated rings. The van der Waals surface area contributed by atoms with Gasteiger partial charge in [-0.2, -0.15) is 0 Å². The van der Waals surface area contributed by atoms with Gasteiger partial charge in [-0.1, -0.05) is 43.7 Å². The van der Waals surface area contributed by atoms with Gasteiger partial charge in [0.1, 0.15) is 11.5 Å². The smallest absolute Gasteiger partial charge is 0.137 e. The largest absolute Gasteiger partial charge is 0.496 e. The Balaban J connectivity index is 1.95. The van der Waals surface area contributed by atoms with E-state index in [1.807, 2.05) is 12.1 Å². The molecule has 1 aromatic carbocycles. The number of hydrogen-bond donors (Lipinski definition) is 0. The van der Waals surface area contributed by atoms with E-state index in [2.05, 4.69) is 0 Å². The molecule has 0 spiro atoms. The first-order valence-electron chi connectivity index (χ1n) is 7.03. The van der Waals surface area contributed by atoms with E-state index in [0.717, 1.165) is 11.3 Å². The van der Waals surface area contributed by atoms with Crippen molar-refractivity contribution >= 4 is 17.4 Å². The number of ether oxygens (including phenoxy) is 1. The zero-order valence-corrected chi connectivity index (χ0v) is 12.2. The summed E-state index contributed by atoms with van der Waals surface area (Å²) in [4.78, 5) is 12.2. The Morgan fingerprint density at radius 1 is 1.32 bits per heavy atom. The molecule has 0 bridgehead atoms. The average Bonchev–Trinajstić information content (AvgIpc) is 2.40. The predicted octanol–water partition coefficient (Wildman–Crippen LogP) is 4.43. The van der Waals surface area contributed by atoms with E-state index >= 15 is 0 Å². The summed E-state index contributed by atoms with van der Waals surface area (Å²) in [5.74, 6) is 1.64. The van der Waals surface area contributed by atoms with Gasteiger partial charge in [-0.15, -0.1) is 0 Å². The van der Waals surface area contributed by atoms with Crippen LogP contribution in [0.1, 0.15) is 44.1 Å². The minimum atomic E-state index is 0.299. The van der Waals surface area contributed by atoms with Crippen LogP contribution in [0, 0.1) is 5.92 Å². The molecule has 0 N–H and O–H groups in total. The highest BCUT2D eigenvalue weighted by Gasteiger charge is 2.18. The zero-order valence-electron chi connectivity index (χ0n) is 11.5. The minimum absolute atomic E-state index is 0.299. The maximum Gasteiger partial charge on any atom is 0.137 e. The maximum absolute atomic E-state index is 12.2. The Bertz CT molecular complexity index is 436. The first kappa shape index (κ1) is 14.4. The summed E-state index contributed by atoms with van der Waals surface area (Å²) in [5.41, 5.74) is 0.899. The van der Waals surface area contributed by atoms with Crippen molar-refractivity contribution in [3.63, 3.8) is 0 Å². The van der Waals surface area contributed by atoms with Crippen molar-refractivity contribution < 1.29 is 9.53 Å². The highest BCUT2D eigenvalue weighted by molar-refractivity contribution is 6.30. The third kappa shape index (κ3) is 4.24. The van der Waals surface area contributed by atoms with E-state index in [1.165, 1.54) is 32.1 Å². The molecule has 0 aliphatic heterocycles. The topological polar surface area (TPSA) is 26.3 Å². The monoisotopic (exact) mass is 280 g/mol. The molecule has 1 aliphatic carbocycles. The summed E-state index contributed by atoms with van der Waals surface area (Å²) in [6, 6.07) is 5.44. The lowest BCUT2D eigenvalue weighted by Crippen LogP contribution is -2.14. The van der Waals surface area contributed by atoms with Crippen molar-refractivity contribution in [3.05, 3.63) is 28.8 Å². The molecule has 19 heavy (non-hydrogen) atoms. The molecular formula is C16H21ClO2. The number of halogens is 1. The summed E-state index contributed by atoms with van der Waals surface area (Å²) in [5, 5.41) is 0.654. The molecule has 0 amide bonds. The molecule has 1 aliphatic rings. The van der Waals surface area contributed by atoms with E-state index < -0.39 is 0 Å². The summed E-state index contributed by atoms with van der Waals surface area (Å²) >= 11 is 5.98. The van der Waals surface area contributed by atoms with Gasteiger partial charge in [0.05, 0.1) is 7.11 Å². The van der Waals surface area contributed by atoms with Crippen LogP contribution in [0.4, 0.5) is 0 Å². The first-order chi connectivity index (χ1) is 9.19. The van der Waals surface area contributed by atoms with Gasteiger partial charge in [0.25, 0.3) is 0 Å². The van der Waals surface area contributed by atoms with Crippen molar-refractivity contribution in [2.75, 3.05) is 7.11 Å². The Morgan fingerprint density at radius 3 is 2.74 bits per heavy atom.